The summed E-state index contributed by atoms with van der Waals surface area (Å²) >= 11 is 7.34. The number of aryl methyl sites for hydroxylation is 2. The van der Waals surface area contributed by atoms with Crippen molar-refractivity contribution >= 4 is 57.2 Å². The molecule has 0 radical (unpaired) electrons. The van der Waals surface area contributed by atoms with Crippen LogP contribution in [-0.4, -0.2) is 38.5 Å². The van der Waals surface area contributed by atoms with Crippen molar-refractivity contribution in [1.82, 2.24) is 20.4 Å². The first kappa shape index (κ1) is 22.4. The van der Waals surface area contributed by atoms with Gasteiger partial charge in [-0.3, -0.25) is 14.8 Å². The number of halogens is 1. The molecule has 2 aromatic heterocycles. The summed E-state index contributed by atoms with van der Waals surface area (Å²) in [6.07, 6.45) is 1.55. The minimum absolute atomic E-state index is 0.0815. The molecule has 0 saturated carbocycles. The number of nitrogens with one attached hydrogen (secondary N) is 4. The molecule has 0 saturated heterocycles. The van der Waals surface area contributed by atoms with Gasteiger partial charge < -0.3 is 16.0 Å². The molecule has 0 atom stereocenters. The lowest BCUT2D eigenvalue weighted by molar-refractivity contribution is -0.128. The van der Waals surface area contributed by atoms with Gasteiger partial charge in [-0.05, 0) is 25.5 Å². The van der Waals surface area contributed by atoms with E-state index in [2.05, 4.69) is 30.9 Å². The zero-order chi connectivity index (χ0) is 22.4. The smallest absolute Gasteiger partial charge is 0.267 e. The van der Waals surface area contributed by atoms with Crippen LogP contribution < -0.4 is 21.4 Å². The number of nitrogens with zero attached hydrogens (tertiary/aromatic N) is 3. The second kappa shape index (κ2) is 10.2. The molecular formula is C19H20ClN7O3S. The second-order valence-electron chi connectivity index (χ2n) is 6.44. The summed E-state index contributed by atoms with van der Waals surface area (Å²) < 4.78 is 0. The Kier molecular flexibility index (Phi) is 7.34. The van der Waals surface area contributed by atoms with E-state index in [-0.39, 0.29) is 18.9 Å². The standard InChI is InChI=1S/C19H20ClN7O3S/c1-10-4-3-5-12(20)17(10)26-18(29)13-9-22-19(31-13)25-15-8-14(23-11(2)24-15)21-7-6-16(28)27-30/h3-5,8-9,30H,6-7H2,1-2H3,(H,26,29)(H,27,28)(H2,21,22,23,24,25). The molecular weight excluding hydrogens is 442 g/mol. The highest BCUT2D eigenvalue weighted by Crippen LogP contribution is 2.28. The van der Waals surface area contributed by atoms with Crippen LogP contribution in [0, 0.1) is 13.8 Å². The summed E-state index contributed by atoms with van der Waals surface area (Å²) in [5.41, 5.74) is 2.99. The summed E-state index contributed by atoms with van der Waals surface area (Å²) in [6, 6.07) is 7.04. The Morgan fingerprint density at radius 1 is 1.19 bits per heavy atom. The first-order valence-electron chi connectivity index (χ1n) is 9.17. The highest BCUT2D eigenvalue weighted by atomic mass is 35.5. The minimum Gasteiger partial charge on any atom is -0.369 e. The molecule has 0 bridgehead atoms. The monoisotopic (exact) mass is 461 g/mol. The fraction of sp³-hybridized carbons (Fsp3) is 0.211. The molecule has 3 rings (SSSR count). The number of para-hydroxylation sites is 1. The van der Waals surface area contributed by atoms with E-state index in [9.17, 15) is 9.59 Å². The fourth-order valence-corrected chi connectivity index (χ4v) is 3.58. The third-order valence-corrected chi connectivity index (χ3v) is 5.27. The lowest BCUT2D eigenvalue weighted by Crippen LogP contribution is -2.21. The van der Waals surface area contributed by atoms with E-state index in [1.165, 1.54) is 6.20 Å². The number of rotatable bonds is 8. The van der Waals surface area contributed by atoms with Crippen molar-refractivity contribution in [3.05, 3.63) is 51.7 Å². The van der Waals surface area contributed by atoms with Gasteiger partial charge in [0.1, 0.15) is 22.3 Å². The molecule has 31 heavy (non-hydrogen) atoms. The number of hydroxylamine groups is 1. The average molecular weight is 462 g/mol. The van der Waals surface area contributed by atoms with Crippen LogP contribution in [0.2, 0.25) is 5.02 Å². The van der Waals surface area contributed by atoms with Crippen LogP contribution in [0.15, 0.2) is 30.5 Å². The number of carbonyl (C=O) groups excluding carboxylic acids is 2. The van der Waals surface area contributed by atoms with Crippen LogP contribution in [0.5, 0.6) is 0 Å². The van der Waals surface area contributed by atoms with Crippen molar-refractivity contribution in [2.24, 2.45) is 0 Å². The molecule has 12 heteroatoms. The van der Waals surface area contributed by atoms with Gasteiger partial charge >= 0.3 is 0 Å². The molecule has 2 heterocycles. The SMILES string of the molecule is Cc1nc(NCCC(=O)NO)cc(Nc2ncc(C(=O)Nc3c(C)cccc3Cl)s2)n1. The number of hydrogen-bond donors (Lipinski definition) is 5. The van der Waals surface area contributed by atoms with Crippen LogP contribution in [-0.2, 0) is 4.79 Å². The van der Waals surface area contributed by atoms with Gasteiger partial charge in [0, 0.05) is 19.0 Å². The van der Waals surface area contributed by atoms with Crippen molar-refractivity contribution in [3.8, 4) is 0 Å². The molecule has 0 aliphatic heterocycles. The number of carbonyl (C=O) groups is 2. The first-order chi connectivity index (χ1) is 14.9. The largest absolute Gasteiger partial charge is 0.369 e. The lowest BCUT2D eigenvalue weighted by atomic mass is 10.2. The van der Waals surface area contributed by atoms with Gasteiger partial charge in [-0.2, -0.15) is 0 Å². The molecule has 0 unspecified atom stereocenters. The Balaban J connectivity index is 1.66. The van der Waals surface area contributed by atoms with Crippen LogP contribution in [0.1, 0.15) is 27.5 Å². The highest BCUT2D eigenvalue weighted by molar-refractivity contribution is 7.17. The molecule has 162 valence electrons. The van der Waals surface area contributed by atoms with Crippen molar-refractivity contribution in [2.75, 3.05) is 22.5 Å². The molecule has 5 N–H and O–H groups in total. The third kappa shape index (κ3) is 6.10. The minimum atomic E-state index is -0.503. The Morgan fingerprint density at radius 3 is 2.71 bits per heavy atom. The molecule has 3 aromatic rings. The summed E-state index contributed by atoms with van der Waals surface area (Å²) in [7, 11) is 0. The van der Waals surface area contributed by atoms with Gasteiger partial charge in [0.05, 0.1) is 16.9 Å². The van der Waals surface area contributed by atoms with Gasteiger partial charge in [-0.15, -0.1) is 0 Å². The quantitative estimate of drug-likeness (QED) is 0.253. The van der Waals surface area contributed by atoms with E-state index in [0.29, 0.717) is 38.2 Å². The number of hydrogen-bond acceptors (Lipinski definition) is 9. The fourth-order valence-electron chi connectivity index (χ4n) is 2.59. The Morgan fingerprint density at radius 2 is 1.97 bits per heavy atom. The van der Waals surface area contributed by atoms with Crippen molar-refractivity contribution in [2.45, 2.75) is 20.3 Å². The highest BCUT2D eigenvalue weighted by Gasteiger charge is 2.14. The maximum absolute atomic E-state index is 12.6. The predicted molar refractivity (Wildman–Crippen MR) is 119 cm³/mol. The molecule has 0 aliphatic rings. The number of anilines is 4. The van der Waals surface area contributed by atoms with Gasteiger partial charge in [-0.1, -0.05) is 35.1 Å². The zero-order valence-corrected chi connectivity index (χ0v) is 18.3. The molecule has 0 aliphatic carbocycles. The van der Waals surface area contributed by atoms with E-state index in [1.54, 1.807) is 24.5 Å². The summed E-state index contributed by atoms with van der Waals surface area (Å²) in [6.45, 7) is 3.87. The second-order valence-corrected chi connectivity index (χ2v) is 7.88. The zero-order valence-electron chi connectivity index (χ0n) is 16.7. The Bertz CT molecular complexity index is 1090. The maximum Gasteiger partial charge on any atom is 0.267 e. The van der Waals surface area contributed by atoms with Gasteiger partial charge in [0.25, 0.3) is 5.91 Å². The summed E-state index contributed by atoms with van der Waals surface area (Å²) in [4.78, 5) is 36.8. The van der Waals surface area contributed by atoms with Crippen LogP contribution in [0.3, 0.4) is 0 Å². The molecule has 0 spiro atoms. The molecule has 2 amide bonds. The van der Waals surface area contributed by atoms with Crippen LogP contribution >= 0.6 is 22.9 Å². The van der Waals surface area contributed by atoms with Gasteiger partial charge in [0.15, 0.2) is 5.13 Å². The van der Waals surface area contributed by atoms with E-state index < -0.39 is 5.91 Å². The van der Waals surface area contributed by atoms with Crippen LogP contribution in [0.25, 0.3) is 0 Å². The molecule has 1 aromatic carbocycles. The van der Waals surface area contributed by atoms with Crippen LogP contribution in [0.4, 0.5) is 22.5 Å². The number of amides is 2. The number of aromatic nitrogens is 3. The first-order valence-corrected chi connectivity index (χ1v) is 10.4. The summed E-state index contributed by atoms with van der Waals surface area (Å²) in [5.74, 6) is 0.666. The lowest BCUT2D eigenvalue weighted by Gasteiger charge is -2.09. The molecule has 0 fully saturated rings. The Labute approximate surface area is 187 Å². The Hall–Kier alpha value is -3.28. The van der Waals surface area contributed by atoms with Crippen molar-refractivity contribution in [1.29, 1.82) is 0 Å². The summed E-state index contributed by atoms with van der Waals surface area (Å²) in [5, 5.41) is 18.3. The normalized spacial score (nSPS) is 10.5. The molecule has 10 nitrogen and oxygen atoms in total. The third-order valence-electron chi connectivity index (χ3n) is 4.05. The van der Waals surface area contributed by atoms with Gasteiger partial charge in [-0.25, -0.2) is 20.4 Å². The average Bonchev–Trinajstić information content (AvgIpc) is 3.18. The van der Waals surface area contributed by atoms with Gasteiger partial charge in [0.2, 0.25) is 5.91 Å². The van der Waals surface area contributed by atoms with E-state index in [4.69, 9.17) is 16.8 Å². The van der Waals surface area contributed by atoms with E-state index in [0.717, 1.165) is 16.9 Å². The maximum atomic E-state index is 12.6. The topological polar surface area (TPSA) is 141 Å². The van der Waals surface area contributed by atoms with E-state index >= 15 is 0 Å². The van der Waals surface area contributed by atoms with Crippen molar-refractivity contribution < 1.29 is 14.8 Å². The number of benzene rings is 1. The predicted octanol–water partition coefficient (Wildman–Crippen LogP) is 3.51. The van der Waals surface area contributed by atoms with E-state index in [1.807, 2.05) is 19.1 Å². The van der Waals surface area contributed by atoms with Crippen molar-refractivity contribution in [3.63, 3.8) is 0 Å². The number of thiazole rings is 1.